The molecule has 0 aliphatic heterocycles. The fourth-order valence-corrected chi connectivity index (χ4v) is 7.05. The number of anilines is 4. The predicted octanol–water partition coefficient (Wildman–Crippen LogP) is 7.31. The van der Waals surface area contributed by atoms with Gasteiger partial charge in [0.15, 0.2) is 12.3 Å². The third-order valence-electron chi connectivity index (χ3n) is 6.49. The molecular formula is C30H30ClN7O9S4. The lowest BCUT2D eigenvalue weighted by atomic mass is 10.1. The number of benzene rings is 4. The number of halogens is 1. The highest BCUT2D eigenvalue weighted by Gasteiger charge is 2.19. The van der Waals surface area contributed by atoms with Crippen LogP contribution in [-0.4, -0.2) is 72.6 Å². The zero-order valence-corrected chi connectivity index (χ0v) is 30.9. The smallest absolute Gasteiger partial charge is 0.296 e. The molecule has 270 valence electrons. The van der Waals surface area contributed by atoms with Crippen LogP contribution in [0.25, 0.3) is 10.8 Å². The molecule has 5 rings (SSSR count). The van der Waals surface area contributed by atoms with Gasteiger partial charge < -0.3 is 15.7 Å². The van der Waals surface area contributed by atoms with Crippen LogP contribution in [0.1, 0.15) is 5.56 Å². The van der Waals surface area contributed by atoms with Crippen molar-refractivity contribution in [2.24, 2.45) is 10.2 Å². The summed E-state index contributed by atoms with van der Waals surface area (Å²) >= 11 is 8.40. The van der Waals surface area contributed by atoms with Crippen LogP contribution in [0.2, 0.25) is 5.28 Å². The minimum Gasteiger partial charge on any atom is -0.400 e. The topological polar surface area (TPSA) is 235 Å². The number of aryl methyl sites for hydroxylation is 1. The molecule has 5 N–H and O–H groups in total. The molecule has 0 saturated heterocycles. The molecule has 21 heteroatoms. The van der Waals surface area contributed by atoms with E-state index in [0.29, 0.717) is 50.7 Å². The highest BCUT2D eigenvalue weighted by molar-refractivity contribution is 7.99. The first-order valence-electron chi connectivity index (χ1n) is 14.3. The van der Waals surface area contributed by atoms with Gasteiger partial charge in [0, 0.05) is 34.2 Å². The van der Waals surface area contributed by atoms with E-state index in [4.69, 9.17) is 25.1 Å². The Balaban J connectivity index is 0.00000286. The summed E-state index contributed by atoms with van der Waals surface area (Å²) < 4.78 is 77.2. The quantitative estimate of drug-likeness (QED) is 0.0244. The van der Waals surface area contributed by atoms with E-state index in [1.54, 1.807) is 55.5 Å². The number of nitrogens with zero attached hydrogens (tertiary/aromatic N) is 5. The SMILES string of the molecule is CO.COSOCCSc1ccc(S(=O)(=O)O)c(Nc2nc(Cl)nc(Nc3ccc(N=Nc4cccc5c(S(=O)(=O)O)cccc45)c(C)c3)n2)c1. The molecule has 0 aliphatic carbocycles. The van der Waals surface area contributed by atoms with E-state index in [1.165, 1.54) is 43.1 Å². The maximum absolute atomic E-state index is 12.1. The van der Waals surface area contributed by atoms with Gasteiger partial charge in [-0.05, 0) is 72.6 Å². The number of rotatable bonds is 14. The molecule has 51 heavy (non-hydrogen) atoms. The Labute approximate surface area is 307 Å². The first-order valence-corrected chi connectivity index (χ1v) is 19.2. The highest BCUT2D eigenvalue weighted by atomic mass is 35.5. The summed E-state index contributed by atoms with van der Waals surface area (Å²) in [5.74, 6) is 0.477. The Morgan fingerprint density at radius 3 is 2.16 bits per heavy atom. The number of hydrogen-bond acceptors (Lipinski definition) is 16. The molecule has 0 aliphatic rings. The number of hydrogen-bond donors (Lipinski definition) is 5. The zero-order chi connectivity index (χ0) is 37.2. The monoisotopic (exact) mass is 795 g/mol. The van der Waals surface area contributed by atoms with Crippen molar-refractivity contribution in [1.82, 2.24) is 15.0 Å². The number of azo groups is 1. The van der Waals surface area contributed by atoms with Gasteiger partial charge in [-0.3, -0.25) is 17.5 Å². The Hall–Kier alpha value is -3.96. The van der Waals surface area contributed by atoms with Crippen LogP contribution < -0.4 is 10.6 Å². The molecule has 1 aromatic heterocycles. The first kappa shape index (κ1) is 39.8. The number of fused-ring (bicyclic) bond motifs is 1. The third-order valence-corrected chi connectivity index (χ3v) is 9.84. The van der Waals surface area contributed by atoms with Gasteiger partial charge in [-0.1, -0.05) is 24.3 Å². The number of aromatic nitrogens is 3. The second kappa shape index (κ2) is 18.0. The lowest BCUT2D eigenvalue weighted by Gasteiger charge is -2.13. The highest BCUT2D eigenvalue weighted by Crippen LogP contribution is 2.34. The second-order valence-corrected chi connectivity index (χ2v) is 14.8. The zero-order valence-electron chi connectivity index (χ0n) is 26.9. The van der Waals surface area contributed by atoms with Crippen molar-refractivity contribution in [1.29, 1.82) is 0 Å². The van der Waals surface area contributed by atoms with E-state index in [9.17, 15) is 25.9 Å². The summed E-state index contributed by atoms with van der Waals surface area (Å²) in [7, 11) is -6.56. The minimum absolute atomic E-state index is 0.0128. The average molecular weight is 796 g/mol. The second-order valence-electron chi connectivity index (χ2n) is 9.84. The molecular weight excluding hydrogens is 766 g/mol. The summed E-state index contributed by atoms with van der Waals surface area (Å²) in [4.78, 5) is 12.5. The lowest BCUT2D eigenvalue weighted by Crippen LogP contribution is -2.07. The first-order chi connectivity index (χ1) is 24.3. The minimum atomic E-state index is -4.61. The standard InChI is InChI=1S/C29H26ClN7O8S4.CH4O/c1-17-15-18(9-11-22(17)36-37-23-7-3-6-21-20(23)5-4-8-25(21)48(38,39)40)31-28-33-27(30)34-29(35-28)32-24-16-19(46-14-13-45-47-44-2)10-12-26(24)49(41,42)43;1-2/h3-12,15-16H,13-14H2,1-2H3,(H,38,39,40)(H,41,42,43)(H2,31,32,33,34,35);2H,1H3. The van der Waals surface area contributed by atoms with E-state index in [1.807, 2.05) is 0 Å². The van der Waals surface area contributed by atoms with Crippen LogP contribution in [0.5, 0.6) is 0 Å². The van der Waals surface area contributed by atoms with Crippen molar-refractivity contribution < 1.29 is 39.4 Å². The normalized spacial score (nSPS) is 11.7. The maximum Gasteiger partial charge on any atom is 0.296 e. The largest absolute Gasteiger partial charge is 0.400 e. The number of aliphatic hydroxyl groups excluding tert-OH is 1. The van der Waals surface area contributed by atoms with Gasteiger partial charge in [0.2, 0.25) is 17.2 Å². The molecule has 0 radical (unpaired) electrons. The predicted molar refractivity (Wildman–Crippen MR) is 196 cm³/mol. The number of aliphatic hydroxyl groups is 1. The molecule has 1 heterocycles. The Morgan fingerprint density at radius 1 is 0.804 bits per heavy atom. The van der Waals surface area contributed by atoms with Crippen molar-refractivity contribution in [2.45, 2.75) is 21.6 Å². The van der Waals surface area contributed by atoms with Crippen molar-refractivity contribution >= 4 is 101 Å². The summed E-state index contributed by atoms with van der Waals surface area (Å²) in [5.41, 5.74) is 2.20. The molecule has 0 spiro atoms. The van der Waals surface area contributed by atoms with Crippen LogP contribution in [0, 0.1) is 6.92 Å². The molecule has 0 unspecified atom stereocenters. The van der Waals surface area contributed by atoms with Gasteiger partial charge in [0.1, 0.15) is 9.79 Å². The summed E-state index contributed by atoms with van der Waals surface area (Å²) in [6, 6.07) is 18.8. The van der Waals surface area contributed by atoms with Gasteiger partial charge in [-0.25, -0.2) is 0 Å². The van der Waals surface area contributed by atoms with Gasteiger partial charge in [0.05, 0.1) is 30.8 Å². The summed E-state index contributed by atoms with van der Waals surface area (Å²) in [5, 5.41) is 22.1. The van der Waals surface area contributed by atoms with E-state index in [2.05, 4.69) is 35.8 Å². The van der Waals surface area contributed by atoms with Crippen LogP contribution in [0.15, 0.2) is 97.7 Å². The maximum atomic E-state index is 12.1. The average Bonchev–Trinajstić information content (AvgIpc) is 3.07. The molecule has 0 fully saturated rings. The van der Waals surface area contributed by atoms with E-state index in [0.717, 1.165) is 19.4 Å². The Morgan fingerprint density at radius 2 is 1.47 bits per heavy atom. The van der Waals surface area contributed by atoms with Crippen molar-refractivity contribution in [3.63, 3.8) is 0 Å². The van der Waals surface area contributed by atoms with Gasteiger partial charge in [-0.2, -0.15) is 36.9 Å². The van der Waals surface area contributed by atoms with Crippen molar-refractivity contribution in [3.05, 3.63) is 83.6 Å². The molecule has 0 atom stereocenters. The lowest BCUT2D eigenvalue weighted by molar-refractivity contribution is 0.341. The molecule has 4 aromatic carbocycles. The van der Waals surface area contributed by atoms with Crippen molar-refractivity contribution in [2.75, 3.05) is 37.2 Å². The van der Waals surface area contributed by atoms with Crippen LogP contribution >= 0.6 is 35.7 Å². The van der Waals surface area contributed by atoms with Gasteiger partial charge >= 0.3 is 0 Å². The third kappa shape index (κ3) is 11.0. The number of thioether (sulfide) groups is 1. The molecule has 0 bridgehead atoms. The van der Waals surface area contributed by atoms with Crippen LogP contribution in [0.4, 0.5) is 34.6 Å². The van der Waals surface area contributed by atoms with E-state index in [-0.39, 0.29) is 27.8 Å². The molecule has 16 nitrogen and oxygen atoms in total. The number of nitrogens with one attached hydrogen (secondary N) is 2. The van der Waals surface area contributed by atoms with Crippen molar-refractivity contribution in [3.8, 4) is 0 Å². The van der Waals surface area contributed by atoms with Crippen LogP contribution in [0.3, 0.4) is 0 Å². The van der Waals surface area contributed by atoms with Crippen LogP contribution in [-0.2, 0) is 28.6 Å². The fourth-order valence-electron chi connectivity index (χ4n) is 4.44. The molecule has 0 amide bonds. The molecule has 5 aromatic rings. The summed E-state index contributed by atoms with van der Waals surface area (Å²) in [6.07, 6.45) is 0. The van der Waals surface area contributed by atoms with E-state index < -0.39 is 25.1 Å². The molecule has 0 saturated carbocycles. The Kier molecular flexibility index (Phi) is 14.1. The van der Waals surface area contributed by atoms with Gasteiger partial charge in [0.25, 0.3) is 20.2 Å². The Bertz CT molecular complexity index is 2270. The van der Waals surface area contributed by atoms with Gasteiger partial charge in [-0.15, -0.1) is 16.9 Å². The fraction of sp³-hybridized carbons (Fsp3) is 0.167. The summed E-state index contributed by atoms with van der Waals surface area (Å²) in [6.45, 7) is 2.16. The van der Waals surface area contributed by atoms with E-state index >= 15 is 0 Å².